The van der Waals surface area contributed by atoms with Gasteiger partial charge in [-0.1, -0.05) is 6.42 Å². The Morgan fingerprint density at radius 3 is 2.44 bits per heavy atom. The Hall–Kier alpha value is -1.70. The van der Waals surface area contributed by atoms with Gasteiger partial charge in [0.05, 0.1) is 4.90 Å². The molecule has 1 saturated heterocycles. The molecule has 7 heteroatoms. The predicted molar refractivity (Wildman–Crippen MR) is 99.4 cm³/mol. The van der Waals surface area contributed by atoms with Crippen LogP contribution in [0.5, 0.6) is 0 Å². The number of rotatable bonds is 6. The Kier molecular flexibility index (Phi) is 5.88. The van der Waals surface area contributed by atoms with E-state index in [4.69, 9.17) is 0 Å². The first kappa shape index (κ1) is 18.1. The van der Waals surface area contributed by atoms with Crippen molar-refractivity contribution in [2.75, 3.05) is 19.6 Å². The van der Waals surface area contributed by atoms with E-state index in [2.05, 4.69) is 10.7 Å². The number of carbonyl (C=O) groups is 1. The molecule has 3 rings (SSSR count). The summed E-state index contributed by atoms with van der Waals surface area (Å²) in [5.74, 6) is -0.183. The monoisotopic (exact) mass is 378 g/mol. The van der Waals surface area contributed by atoms with Gasteiger partial charge < -0.3 is 5.32 Å². The van der Waals surface area contributed by atoms with Gasteiger partial charge in [0.25, 0.3) is 5.91 Å². The second-order valence-electron chi connectivity index (χ2n) is 6.13. The van der Waals surface area contributed by atoms with E-state index in [0.717, 1.165) is 25.7 Å². The van der Waals surface area contributed by atoms with Gasteiger partial charge in [-0.2, -0.15) is 15.6 Å². The molecule has 1 aliphatic rings. The smallest absolute Gasteiger partial charge is 0.251 e. The molecule has 134 valence electrons. The number of hydrogen-bond acceptors (Lipinski definition) is 4. The molecule has 0 spiro atoms. The van der Waals surface area contributed by atoms with E-state index in [9.17, 15) is 13.2 Å². The number of thiophene rings is 1. The quantitative estimate of drug-likeness (QED) is 0.840. The number of nitrogens with zero attached hydrogens (tertiary/aromatic N) is 1. The van der Waals surface area contributed by atoms with E-state index in [1.54, 1.807) is 23.5 Å². The summed E-state index contributed by atoms with van der Waals surface area (Å²) >= 11 is 1.64. The number of carbonyl (C=O) groups excluding carboxylic acids is 1. The minimum atomic E-state index is -3.45. The van der Waals surface area contributed by atoms with E-state index in [0.29, 0.717) is 25.2 Å². The molecule has 1 N–H and O–H groups in total. The molecule has 0 bridgehead atoms. The first-order chi connectivity index (χ1) is 12.1. The van der Waals surface area contributed by atoms with Crippen molar-refractivity contribution in [3.63, 3.8) is 0 Å². The molecule has 0 unspecified atom stereocenters. The summed E-state index contributed by atoms with van der Waals surface area (Å²) in [4.78, 5) is 12.4. The minimum Gasteiger partial charge on any atom is -0.352 e. The molecule has 1 aromatic heterocycles. The van der Waals surface area contributed by atoms with E-state index in [1.807, 2.05) is 11.4 Å². The Balaban J connectivity index is 1.60. The lowest BCUT2D eigenvalue weighted by Crippen LogP contribution is -2.35. The van der Waals surface area contributed by atoms with Crippen LogP contribution in [-0.2, 0) is 16.4 Å². The number of piperidine rings is 1. The van der Waals surface area contributed by atoms with Crippen LogP contribution in [-0.4, -0.2) is 38.3 Å². The summed E-state index contributed by atoms with van der Waals surface area (Å²) in [5.41, 5.74) is 1.68. The first-order valence-corrected chi connectivity index (χ1v) is 10.9. The van der Waals surface area contributed by atoms with E-state index < -0.39 is 10.0 Å². The molecule has 5 nitrogen and oxygen atoms in total. The SMILES string of the molecule is O=C(NCCc1ccsc1)c1ccc(S(=O)(=O)N2CCCCC2)cc1. The highest BCUT2D eigenvalue weighted by Gasteiger charge is 2.25. The van der Waals surface area contributed by atoms with Crippen LogP contribution in [0.4, 0.5) is 0 Å². The zero-order valence-corrected chi connectivity index (χ0v) is 15.6. The molecule has 1 aromatic carbocycles. The van der Waals surface area contributed by atoms with E-state index in [1.165, 1.54) is 22.0 Å². The molecule has 0 aliphatic carbocycles. The number of benzene rings is 1. The third-order valence-electron chi connectivity index (χ3n) is 4.35. The minimum absolute atomic E-state index is 0.183. The number of sulfonamides is 1. The van der Waals surface area contributed by atoms with Crippen molar-refractivity contribution in [3.05, 3.63) is 52.2 Å². The van der Waals surface area contributed by atoms with Crippen LogP contribution in [0, 0.1) is 0 Å². The Morgan fingerprint density at radius 1 is 1.08 bits per heavy atom. The molecule has 2 heterocycles. The third kappa shape index (κ3) is 4.48. The summed E-state index contributed by atoms with van der Waals surface area (Å²) in [5, 5.41) is 6.94. The molecule has 0 saturated carbocycles. The molecule has 1 fully saturated rings. The lowest BCUT2D eigenvalue weighted by Gasteiger charge is -2.25. The van der Waals surface area contributed by atoms with Crippen LogP contribution in [0.25, 0.3) is 0 Å². The molecular weight excluding hydrogens is 356 g/mol. The molecule has 25 heavy (non-hydrogen) atoms. The zero-order chi connectivity index (χ0) is 17.7. The predicted octanol–water partition coefficient (Wildman–Crippen LogP) is 2.90. The molecule has 0 radical (unpaired) electrons. The van der Waals surface area contributed by atoms with Crippen LogP contribution >= 0.6 is 11.3 Å². The van der Waals surface area contributed by atoms with E-state index in [-0.39, 0.29) is 10.8 Å². The largest absolute Gasteiger partial charge is 0.352 e. The van der Waals surface area contributed by atoms with Crippen molar-refractivity contribution in [3.8, 4) is 0 Å². The van der Waals surface area contributed by atoms with Crippen LogP contribution in [0.3, 0.4) is 0 Å². The summed E-state index contributed by atoms with van der Waals surface area (Å²) in [7, 11) is -3.45. The van der Waals surface area contributed by atoms with Crippen molar-refractivity contribution in [2.24, 2.45) is 0 Å². The summed E-state index contributed by atoms with van der Waals surface area (Å²) < 4.78 is 26.7. The molecule has 0 atom stereocenters. The highest BCUT2D eigenvalue weighted by atomic mass is 32.2. The maximum absolute atomic E-state index is 12.6. The van der Waals surface area contributed by atoms with Gasteiger partial charge in [-0.05, 0) is 65.9 Å². The average Bonchev–Trinajstić information content (AvgIpc) is 3.16. The maximum atomic E-state index is 12.6. The fraction of sp³-hybridized carbons (Fsp3) is 0.389. The summed E-state index contributed by atoms with van der Waals surface area (Å²) in [6.07, 6.45) is 3.68. The second kappa shape index (κ2) is 8.12. The van der Waals surface area contributed by atoms with Gasteiger partial charge >= 0.3 is 0 Å². The van der Waals surface area contributed by atoms with Gasteiger partial charge in [-0.3, -0.25) is 4.79 Å². The highest BCUT2D eigenvalue weighted by molar-refractivity contribution is 7.89. The standard InChI is InChI=1S/C18H22N2O3S2/c21-18(19-10-8-15-9-13-24-14-15)16-4-6-17(7-5-16)25(22,23)20-11-2-1-3-12-20/h4-7,9,13-14H,1-3,8,10-12H2,(H,19,21). The highest BCUT2D eigenvalue weighted by Crippen LogP contribution is 2.20. The van der Waals surface area contributed by atoms with Crippen LogP contribution in [0.1, 0.15) is 35.2 Å². The van der Waals surface area contributed by atoms with Crippen molar-refractivity contribution in [1.29, 1.82) is 0 Å². The first-order valence-electron chi connectivity index (χ1n) is 8.47. The van der Waals surface area contributed by atoms with Crippen molar-refractivity contribution < 1.29 is 13.2 Å². The number of amides is 1. The van der Waals surface area contributed by atoms with Gasteiger partial charge in [-0.25, -0.2) is 8.42 Å². The molecule has 2 aromatic rings. The van der Waals surface area contributed by atoms with Crippen LogP contribution < -0.4 is 5.32 Å². The van der Waals surface area contributed by atoms with E-state index >= 15 is 0 Å². The van der Waals surface area contributed by atoms with Gasteiger partial charge in [0.15, 0.2) is 0 Å². The lowest BCUT2D eigenvalue weighted by molar-refractivity contribution is 0.0954. The van der Waals surface area contributed by atoms with Crippen molar-refractivity contribution in [2.45, 2.75) is 30.6 Å². The second-order valence-corrected chi connectivity index (χ2v) is 8.84. The maximum Gasteiger partial charge on any atom is 0.251 e. The fourth-order valence-electron chi connectivity index (χ4n) is 2.89. The average molecular weight is 379 g/mol. The van der Waals surface area contributed by atoms with Crippen molar-refractivity contribution in [1.82, 2.24) is 9.62 Å². The van der Waals surface area contributed by atoms with Gasteiger partial charge in [0.2, 0.25) is 10.0 Å². The van der Waals surface area contributed by atoms with Gasteiger partial charge in [-0.15, -0.1) is 0 Å². The Labute approximate surface area is 152 Å². The Bertz CT molecular complexity index is 793. The summed E-state index contributed by atoms with van der Waals surface area (Å²) in [6.45, 7) is 1.71. The molecule has 1 aliphatic heterocycles. The van der Waals surface area contributed by atoms with Gasteiger partial charge in [0.1, 0.15) is 0 Å². The summed E-state index contributed by atoms with van der Waals surface area (Å²) in [6, 6.07) is 8.25. The number of hydrogen-bond donors (Lipinski definition) is 1. The zero-order valence-electron chi connectivity index (χ0n) is 14.0. The molecular formula is C18H22N2O3S2. The van der Waals surface area contributed by atoms with Crippen LogP contribution in [0.2, 0.25) is 0 Å². The number of nitrogens with one attached hydrogen (secondary N) is 1. The third-order valence-corrected chi connectivity index (χ3v) is 6.99. The Morgan fingerprint density at radius 2 is 1.80 bits per heavy atom. The normalized spacial score (nSPS) is 15.8. The molecule has 1 amide bonds. The topological polar surface area (TPSA) is 66.5 Å². The van der Waals surface area contributed by atoms with Crippen LogP contribution in [0.15, 0.2) is 46.0 Å². The van der Waals surface area contributed by atoms with Crippen molar-refractivity contribution >= 4 is 27.3 Å². The lowest BCUT2D eigenvalue weighted by atomic mass is 10.2. The fourth-order valence-corrected chi connectivity index (χ4v) is 5.11. The van der Waals surface area contributed by atoms with Gasteiger partial charge in [0, 0.05) is 25.2 Å².